The van der Waals surface area contributed by atoms with Gasteiger partial charge in [0.1, 0.15) is 0 Å². The van der Waals surface area contributed by atoms with Gasteiger partial charge >= 0.3 is 0 Å². The van der Waals surface area contributed by atoms with E-state index in [0.717, 1.165) is 5.92 Å². The number of dihydropyridines is 1. The van der Waals surface area contributed by atoms with E-state index in [4.69, 9.17) is 0 Å². The summed E-state index contributed by atoms with van der Waals surface area (Å²) in [6, 6.07) is 0.944. The minimum absolute atomic E-state index is 0.454. The summed E-state index contributed by atoms with van der Waals surface area (Å²) in [6.45, 7) is 0. The van der Waals surface area contributed by atoms with E-state index < -0.39 is 0 Å². The first-order valence-electron chi connectivity index (χ1n) is 5.67. The molecule has 0 bridgehead atoms. The maximum atomic E-state index is 4.66. The zero-order valence-electron chi connectivity index (χ0n) is 8.34. The van der Waals surface area contributed by atoms with E-state index in [9.17, 15) is 0 Å². The van der Waals surface area contributed by atoms with Gasteiger partial charge in [-0.2, -0.15) is 0 Å². The Morgan fingerprint density at radius 3 is 3.00 bits per heavy atom. The molecule has 0 aromatic heterocycles. The highest BCUT2D eigenvalue weighted by Crippen LogP contribution is 2.38. The largest absolute Gasteiger partial charge is 0.292 e. The number of allylic oxidation sites excluding steroid dienone is 1. The van der Waals surface area contributed by atoms with Crippen molar-refractivity contribution in [3.8, 4) is 0 Å². The van der Waals surface area contributed by atoms with Crippen LogP contribution in [0.15, 0.2) is 22.1 Å². The van der Waals surface area contributed by atoms with Crippen molar-refractivity contribution in [2.45, 2.75) is 37.8 Å². The maximum Gasteiger partial charge on any atom is 0.0787 e. The molecule has 2 aliphatic heterocycles. The fourth-order valence-electron chi connectivity index (χ4n) is 3.04. The molecule has 2 nitrogen and oxygen atoms in total. The van der Waals surface area contributed by atoms with Crippen LogP contribution in [0.3, 0.4) is 0 Å². The monoisotopic (exact) mass is 188 g/mol. The lowest BCUT2D eigenvalue weighted by molar-refractivity contribution is 0.218. The second-order valence-corrected chi connectivity index (χ2v) is 4.57. The molecule has 3 aliphatic rings. The summed E-state index contributed by atoms with van der Waals surface area (Å²) in [5.74, 6) is 1.47. The quantitative estimate of drug-likeness (QED) is 0.557. The van der Waals surface area contributed by atoms with Crippen LogP contribution in [0, 0.1) is 11.8 Å². The Bertz CT molecular complexity index is 303. The van der Waals surface area contributed by atoms with Gasteiger partial charge in [-0.05, 0) is 43.9 Å². The van der Waals surface area contributed by atoms with E-state index >= 15 is 0 Å². The van der Waals surface area contributed by atoms with Crippen LogP contribution in [0.1, 0.15) is 25.7 Å². The number of rotatable bonds is 0. The molecule has 0 saturated heterocycles. The Kier molecular flexibility index (Phi) is 2.00. The van der Waals surface area contributed by atoms with Crippen LogP contribution >= 0.6 is 0 Å². The average Bonchev–Trinajstić information content (AvgIpc) is 2.29. The lowest BCUT2D eigenvalue weighted by atomic mass is 9.72. The highest BCUT2D eigenvalue weighted by molar-refractivity contribution is 5.72. The van der Waals surface area contributed by atoms with Gasteiger partial charge in [-0.1, -0.05) is 6.08 Å². The Morgan fingerprint density at radius 1 is 1.00 bits per heavy atom. The van der Waals surface area contributed by atoms with Gasteiger partial charge in [-0.15, -0.1) is 0 Å². The van der Waals surface area contributed by atoms with Gasteiger partial charge in [0, 0.05) is 12.1 Å². The number of aliphatic imine (C=N–C) groups is 2. The summed E-state index contributed by atoms with van der Waals surface area (Å²) in [5.41, 5.74) is 0. The summed E-state index contributed by atoms with van der Waals surface area (Å²) < 4.78 is 0. The molecule has 1 saturated carbocycles. The van der Waals surface area contributed by atoms with Gasteiger partial charge in [-0.25, -0.2) is 0 Å². The van der Waals surface area contributed by atoms with E-state index in [0.29, 0.717) is 18.0 Å². The molecular weight excluding hydrogens is 172 g/mol. The number of fused-ring (bicyclic) bond motifs is 3. The lowest BCUT2D eigenvalue weighted by Crippen LogP contribution is -2.42. The smallest absolute Gasteiger partial charge is 0.0787 e. The minimum Gasteiger partial charge on any atom is -0.292 e. The highest BCUT2D eigenvalue weighted by atomic mass is 14.9. The van der Waals surface area contributed by atoms with Crippen LogP contribution in [0.5, 0.6) is 0 Å². The van der Waals surface area contributed by atoms with E-state index in [2.05, 4.69) is 28.4 Å². The molecule has 2 heterocycles. The first-order chi connectivity index (χ1) is 6.95. The zero-order chi connectivity index (χ0) is 9.38. The Labute approximate surface area is 84.8 Å². The summed E-state index contributed by atoms with van der Waals surface area (Å²) in [7, 11) is 0. The number of hydrogen-bond donors (Lipinski definition) is 0. The van der Waals surface area contributed by atoms with E-state index in [1.54, 1.807) is 0 Å². The van der Waals surface area contributed by atoms with E-state index in [1.165, 1.54) is 25.7 Å². The molecule has 0 amide bonds. The molecule has 2 heteroatoms. The van der Waals surface area contributed by atoms with Gasteiger partial charge in [0.2, 0.25) is 0 Å². The van der Waals surface area contributed by atoms with Crippen LogP contribution in [0.4, 0.5) is 0 Å². The lowest BCUT2D eigenvalue weighted by Gasteiger charge is -2.40. The first kappa shape index (κ1) is 8.39. The first-order valence-corrected chi connectivity index (χ1v) is 5.67. The zero-order valence-corrected chi connectivity index (χ0v) is 8.34. The van der Waals surface area contributed by atoms with Crippen molar-refractivity contribution in [2.24, 2.45) is 21.8 Å². The molecule has 4 atom stereocenters. The topological polar surface area (TPSA) is 24.7 Å². The molecule has 0 radical (unpaired) electrons. The van der Waals surface area contributed by atoms with Gasteiger partial charge in [0.25, 0.3) is 0 Å². The highest BCUT2D eigenvalue weighted by Gasteiger charge is 2.39. The standard InChI is InChI=1S/C12H16N2/c1-3-9-5-6-10-4-2-8-14-12(10)11(9)13-7-1/h1,3,7-12H,2,4-6H2. The van der Waals surface area contributed by atoms with Crippen molar-refractivity contribution in [3.05, 3.63) is 12.2 Å². The number of hydrogen-bond acceptors (Lipinski definition) is 2. The molecule has 1 aliphatic carbocycles. The van der Waals surface area contributed by atoms with Crippen molar-refractivity contribution >= 4 is 12.4 Å². The van der Waals surface area contributed by atoms with Crippen LogP contribution in [-0.4, -0.2) is 24.5 Å². The minimum atomic E-state index is 0.454. The summed E-state index contributed by atoms with van der Waals surface area (Å²) >= 11 is 0. The normalized spacial score (nSPS) is 44.6. The summed E-state index contributed by atoms with van der Waals surface area (Å²) in [6.07, 6.45) is 13.6. The fraction of sp³-hybridized carbons (Fsp3) is 0.667. The van der Waals surface area contributed by atoms with Gasteiger partial charge in [-0.3, -0.25) is 9.98 Å². The Hall–Kier alpha value is -0.920. The predicted octanol–water partition coefficient (Wildman–Crippen LogP) is 2.25. The summed E-state index contributed by atoms with van der Waals surface area (Å²) in [4.78, 5) is 9.27. The van der Waals surface area contributed by atoms with E-state index in [1.807, 2.05) is 6.21 Å². The molecule has 0 N–H and O–H groups in total. The van der Waals surface area contributed by atoms with Gasteiger partial charge in [0.15, 0.2) is 0 Å². The third-order valence-electron chi connectivity index (χ3n) is 3.79. The number of nitrogens with zero attached hydrogens (tertiary/aromatic N) is 2. The Balaban J connectivity index is 1.88. The molecule has 0 aromatic carbocycles. The fourth-order valence-corrected chi connectivity index (χ4v) is 3.04. The molecule has 3 rings (SSSR count). The molecule has 0 aromatic rings. The van der Waals surface area contributed by atoms with Crippen molar-refractivity contribution < 1.29 is 0 Å². The van der Waals surface area contributed by atoms with Crippen molar-refractivity contribution in [1.82, 2.24) is 0 Å². The molecule has 0 spiro atoms. The van der Waals surface area contributed by atoms with Crippen LogP contribution in [0.2, 0.25) is 0 Å². The van der Waals surface area contributed by atoms with Crippen molar-refractivity contribution in [2.75, 3.05) is 0 Å². The maximum absolute atomic E-state index is 4.66. The molecule has 14 heavy (non-hydrogen) atoms. The SMILES string of the molecule is C1=CC2CCC3CCC=NC3C2N=C1. The second kappa shape index (κ2) is 3.34. The van der Waals surface area contributed by atoms with E-state index in [-0.39, 0.29) is 0 Å². The molecule has 4 unspecified atom stereocenters. The van der Waals surface area contributed by atoms with Crippen LogP contribution in [-0.2, 0) is 0 Å². The van der Waals surface area contributed by atoms with Crippen molar-refractivity contribution in [3.63, 3.8) is 0 Å². The van der Waals surface area contributed by atoms with Gasteiger partial charge < -0.3 is 0 Å². The Morgan fingerprint density at radius 2 is 2.00 bits per heavy atom. The molecular formula is C12H16N2. The predicted molar refractivity (Wildman–Crippen MR) is 59.1 cm³/mol. The molecule has 1 fully saturated rings. The van der Waals surface area contributed by atoms with Crippen molar-refractivity contribution in [1.29, 1.82) is 0 Å². The second-order valence-electron chi connectivity index (χ2n) is 4.57. The average molecular weight is 188 g/mol. The van der Waals surface area contributed by atoms with Crippen LogP contribution < -0.4 is 0 Å². The van der Waals surface area contributed by atoms with Crippen LogP contribution in [0.25, 0.3) is 0 Å². The van der Waals surface area contributed by atoms with Gasteiger partial charge in [0.05, 0.1) is 12.1 Å². The molecule has 74 valence electrons. The third-order valence-corrected chi connectivity index (χ3v) is 3.79. The third kappa shape index (κ3) is 1.24. The summed E-state index contributed by atoms with van der Waals surface area (Å²) in [5, 5.41) is 0.